The summed E-state index contributed by atoms with van der Waals surface area (Å²) in [6, 6.07) is 21.8. The summed E-state index contributed by atoms with van der Waals surface area (Å²) in [5, 5.41) is 5.21. The van der Waals surface area contributed by atoms with Gasteiger partial charge in [0, 0.05) is 6.54 Å². The molecule has 4 nitrogen and oxygen atoms in total. The monoisotopic (exact) mass is 377 g/mol. The minimum Gasteiger partial charge on any atom is -0.491 e. The quantitative estimate of drug-likeness (QED) is 0.594. The molecular weight excluding hydrogens is 350 g/mol. The Labute approximate surface area is 166 Å². The van der Waals surface area contributed by atoms with Crippen molar-refractivity contribution in [2.24, 2.45) is 0 Å². The molecule has 1 atom stereocenters. The van der Waals surface area contributed by atoms with E-state index in [1.54, 1.807) is 0 Å². The zero-order chi connectivity index (χ0) is 19.9. The third-order valence-corrected chi connectivity index (χ3v) is 4.40. The number of nitrogens with one attached hydrogen (secondary N) is 1. The Bertz CT molecular complexity index is 936. The van der Waals surface area contributed by atoms with E-state index in [1.807, 2.05) is 81.4 Å². The fourth-order valence-corrected chi connectivity index (χ4v) is 3.03. The van der Waals surface area contributed by atoms with E-state index in [9.17, 15) is 4.79 Å². The highest BCUT2D eigenvalue weighted by Gasteiger charge is 2.18. The Morgan fingerprint density at radius 3 is 2.39 bits per heavy atom. The van der Waals surface area contributed by atoms with E-state index in [1.165, 1.54) is 0 Å². The predicted octanol–water partition coefficient (Wildman–Crippen LogP) is 5.10. The summed E-state index contributed by atoms with van der Waals surface area (Å²) >= 11 is 0. The van der Waals surface area contributed by atoms with Crippen molar-refractivity contribution in [3.05, 3.63) is 72.3 Å². The fourth-order valence-electron chi connectivity index (χ4n) is 3.03. The zero-order valence-corrected chi connectivity index (χ0v) is 16.6. The van der Waals surface area contributed by atoms with Crippen LogP contribution in [0.5, 0.6) is 11.5 Å². The molecule has 146 valence electrons. The average molecular weight is 377 g/mol. The summed E-state index contributed by atoms with van der Waals surface area (Å²) in [5.74, 6) is 1.39. The van der Waals surface area contributed by atoms with Crippen molar-refractivity contribution in [1.82, 2.24) is 5.32 Å². The van der Waals surface area contributed by atoms with Crippen LogP contribution in [0.15, 0.2) is 66.7 Å². The van der Waals surface area contributed by atoms with Crippen molar-refractivity contribution < 1.29 is 14.3 Å². The van der Waals surface area contributed by atoms with Crippen LogP contribution in [0.25, 0.3) is 10.8 Å². The van der Waals surface area contributed by atoms with Crippen LogP contribution in [-0.4, -0.2) is 18.1 Å². The number of hydrogen-bond donors (Lipinski definition) is 1. The molecule has 0 heterocycles. The molecule has 3 aromatic rings. The smallest absolute Gasteiger partial charge is 0.261 e. The topological polar surface area (TPSA) is 47.6 Å². The van der Waals surface area contributed by atoms with E-state index in [0.29, 0.717) is 18.7 Å². The number of carbonyl (C=O) groups excluding carboxylic acids is 1. The van der Waals surface area contributed by atoms with E-state index in [2.05, 4.69) is 11.4 Å². The van der Waals surface area contributed by atoms with Gasteiger partial charge < -0.3 is 14.8 Å². The van der Waals surface area contributed by atoms with Crippen LogP contribution in [-0.2, 0) is 11.3 Å². The van der Waals surface area contributed by atoms with Crippen LogP contribution in [0.4, 0.5) is 0 Å². The first-order valence-electron chi connectivity index (χ1n) is 9.74. The lowest BCUT2D eigenvalue weighted by Gasteiger charge is -2.18. The van der Waals surface area contributed by atoms with Crippen LogP contribution >= 0.6 is 0 Å². The minimum atomic E-state index is -0.531. The summed E-state index contributed by atoms with van der Waals surface area (Å²) < 4.78 is 11.7. The summed E-state index contributed by atoms with van der Waals surface area (Å²) in [5.41, 5.74) is 0.993. The Morgan fingerprint density at radius 1 is 0.893 bits per heavy atom. The second kappa shape index (κ2) is 9.27. The van der Waals surface area contributed by atoms with Gasteiger partial charge in [0.2, 0.25) is 0 Å². The van der Waals surface area contributed by atoms with Gasteiger partial charge in [-0.25, -0.2) is 0 Å². The number of ether oxygens (including phenoxy) is 2. The highest BCUT2D eigenvalue weighted by atomic mass is 16.5. The lowest BCUT2D eigenvalue weighted by molar-refractivity contribution is -0.128. The highest BCUT2D eigenvalue weighted by Crippen LogP contribution is 2.22. The Hall–Kier alpha value is -3.01. The number of fused-ring (bicyclic) bond motifs is 1. The third-order valence-electron chi connectivity index (χ3n) is 4.40. The number of benzene rings is 3. The van der Waals surface area contributed by atoms with Crippen molar-refractivity contribution in [2.45, 2.75) is 45.9 Å². The average Bonchev–Trinajstić information content (AvgIpc) is 2.70. The Kier molecular flexibility index (Phi) is 6.53. The molecule has 0 aliphatic carbocycles. The molecule has 0 saturated carbocycles. The van der Waals surface area contributed by atoms with Crippen LogP contribution in [0, 0.1) is 0 Å². The van der Waals surface area contributed by atoms with Crippen molar-refractivity contribution in [3.63, 3.8) is 0 Å². The molecular formula is C24H27NO3. The van der Waals surface area contributed by atoms with Gasteiger partial charge in [-0.15, -0.1) is 0 Å². The number of amides is 1. The number of carbonyl (C=O) groups is 1. The van der Waals surface area contributed by atoms with Crippen LogP contribution in [0.2, 0.25) is 0 Å². The maximum atomic E-state index is 12.6. The number of hydrogen-bond acceptors (Lipinski definition) is 3. The third kappa shape index (κ3) is 5.26. The summed E-state index contributed by atoms with van der Waals surface area (Å²) in [4.78, 5) is 12.6. The summed E-state index contributed by atoms with van der Waals surface area (Å²) in [6.07, 6.45) is 0.177. The molecule has 0 saturated heterocycles. The maximum absolute atomic E-state index is 12.6. The largest absolute Gasteiger partial charge is 0.491 e. The highest BCUT2D eigenvalue weighted by molar-refractivity contribution is 5.84. The van der Waals surface area contributed by atoms with Gasteiger partial charge in [0.25, 0.3) is 5.91 Å². The molecule has 28 heavy (non-hydrogen) atoms. The molecule has 4 heteroatoms. The molecule has 0 aromatic heterocycles. The molecule has 1 N–H and O–H groups in total. The normalized spacial score (nSPS) is 12.0. The maximum Gasteiger partial charge on any atom is 0.261 e. The molecule has 0 bridgehead atoms. The van der Waals surface area contributed by atoms with Crippen molar-refractivity contribution in [1.29, 1.82) is 0 Å². The summed E-state index contributed by atoms with van der Waals surface area (Å²) in [6.45, 7) is 6.36. The first-order valence-corrected chi connectivity index (χ1v) is 9.74. The zero-order valence-electron chi connectivity index (χ0n) is 16.6. The van der Waals surface area contributed by atoms with E-state index >= 15 is 0 Å². The van der Waals surface area contributed by atoms with Crippen LogP contribution in [0.1, 0.15) is 32.8 Å². The second-order valence-electron chi connectivity index (χ2n) is 7.06. The Morgan fingerprint density at radius 2 is 1.64 bits per heavy atom. The van der Waals surface area contributed by atoms with Gasteiger partial charge >= 0.3 is 0 Å². The standard InChI is InChI=1S/C24H27NO3/c1-4-23(28-22-13-12-19-9-5-6-10-20(19)15-22)24(26)25-16-18-8-7-11-21(14-18)27-17(2)3/h5-15,17,23H,4,16H2,1-3H3,(H,25,26)/t23-/m1/s1. The van der Waals surface area contributed by atoms with E-state index < -0.39 is 6.10 Å². The molecule has 0 fully saturated rings. The first-order chi connectivity index (χ1) is 13.5. The van der Waals surface area contributed by atoms with Gasteiger partial charge in [0.1, 0.15) is 11.5 Å². The molecule has 0 radical (unpaired) electrons. The lowest BCUT2D eigenvalue weighted by Crippen LogP contribution is -2.37. The molecule has 1 amide bonds. The van der Waals surface area contributed by atoms with E-state index in [4.69, 9.17) is 9.47 Å². The molecule has 0 unspecified atom stereocenters. The minimum absolute atomic E-state index is 0.115. The molecule has 3 aromatic carbocycles. The molecule has 0 aliphatic rings. The van der Waals surface area contributed by atoms with Crippen molar-refractivity contribution in [3.8, 4) is 11.5 Å². The molecule has 3 rings (SSSR count). The second-order valence-corrected chi connectivity index (χ2v) is 7.06. The molecule has 0 spiro atoms. The van der Waals surface area contributed by atoms with Crippen molar-refractivity contribution in [2.75, 3.05) is 0 Å². The predicted molar refractivity (Wildman–Crippen MR) is 113 cm³/mol. The Balaban J connectivity index is 1.61. The summed E-state index contributed by atoms with van der Waals surface area (Å²) in [7, 11) is 0. The molecule has 0 aliphatic heterocycles. The lowest BCUT2D eigenvalue weighted by atomic mass is 10.1. The van der Waals surface area contributed by atoms with E-state index in [-0.39, 0.29) is 12.0 Å². The van der Waals surface area contributed by atoms with Crippen LogP contribution < -0.4 is 14.8 Å². The van der Waals surface area contributed by atoms with Gasteiger partial charge in [-0.1, -0.05) is 49.4 Å². The van der Waals surface area contributed by atoms with Crippen molar-refractivity contribution >= 4 is 16.7 Å². The van der Waals surface area contributed by atoms with Gasteiger partial charge in [0.05, 0.1) is 6.10 Å². The van der Waals surface area contributed by atoms with Gasteiger partial charge in [-0.05, 0) is 60.9 Å². The first kappa shape index (κ1) is 19.7. The fraction of sp³-hybridized carbons (Fsp3) is 0.292. The van der Waals surface area contributed by atoms with Gasteiger partial charge in [-0.2, -0.15) is 0 Å². The van der Waals surface area contributed by atoms with Gasteiger partial charge in [0.15, 0.2) is 6.10 Å². The van der Waals surface area contributed by atoms with Gasteiger partial charge in [-0.3, -0.25) is 4.79 Å². The van der Waals surface area contributed by atoms with Crippen LogP contribution in [0.3, 0.4) is 0 Å². The number of rotatable bonds is 8. The SMILES string of the molecule is CC[C@@H](Oc1ccc2ccccc2c1)C(=O)NCc1cccc(OC(C)C)c1. The van der Waals surface area contributed by atoms with E-state index in [0.717, 1.165) is 22.1 Å².